The predicted molar refractivity (Wildman–Crippen MR) is 115 cm³/mol. The third kappa shape index (κ3) is 4.25. The lowest BCUT2D eigenvalue weighted by molar-refractivity contribution is 0.249. The molecule has 1 heterocycles. The van der Waals surface area contributed by atoms with Gasteiger partial charge < -0.3 is 14.6 Å². The van der Waals surface area contributed by atoms with Gasteiger partial charge in [-0.15, -0.1) is 0 Å². The van der Waals surface area contributed by atoms with Crippen LogP contribution < -0.4 is 14.8 Å². The van der Waals surface area contributed by atoms with Gasteiger partial charge in [-0.25, -0.2) is 0 Å². The minimum atomic E-state index is 0.0312. The van der Waals surface area contributed by atoms with Gasteiger partial charge in [-0.3, -0.25) is 10.3 Å². The van der Waals surface area contributed by atoms with E-state index in [1.807, 2.05) is 36.4 Å². The molecule has 2 aliphatic rings. The number of hydrogen-bond acceptors (Lipinski definition) is 5. The molecule has 5 heteroatoms. The fraction of sp³-hybridized carbons (Fsp3) is 0.458. The van der Waals surface area contributed by atoms with E-state index in [1.165, 1.54) is 32.1 Å². The van der Waals surface area contributed by atoms with Crippen LogP contribution in [0.15, 0.2) is 47.5 Å². The lowest BCUT2D eigenvalue weighted by Crippen LogP contribution is -2.43. The van der Waals surface area contributed by atoms with Crippen molar-refractivity contribution in [2.75, 3.05) is 14.2 Å². The van der Waals surface area contributed by atoms with Crippen molar-refractivity contribution in [1.29, 1.82) is 0 Å². The average molecular weight is 395 g/mol. The Hall–Kier alpha value is -2.53. The number of methoxy groups -OCH3 is 2. The van der Waals surface area contributed by atoms with E-state index in [-0.39, 0.29) is 12.2 Å². The summed E-state index contributed by atoms with van der Waals surface area (Å²) in [5.41, 5.74) is 3.03. The van der Waals surface area contributed by atoms with Crippen LogP contribution in [-0.4, -0.2) is 31.2 Å². The van der Waals surface area contributed by atoms with E-state index in [1.54, 1.807) is 20.3 Å². The number of benzene rings is 2. The van der Waals surface area contributed by atoms with Crippen LogP contribution in [0.2, 0.25) is 0 Å². The number of ether oxygens (including phenoxy) is 2. The summed E-state index contributed by atoms with van der Waals surface area (Å²) in [6.07, 6.45) is 7.05. The van der Waals surface area contributed by atoms with Crippen molar-refractivity contribution in [2.24, 2.45) is 10.9 Å². The highest BCUT2D eigenvalue weighted by Crippen LogP contribution is 2.36. The Labute approximate surface area is 172 Å². The average Bonchev–Trinajstić information content (AvgIpc) is 2.79. The molecule has 154 valence electrons. The number of para-hydroxylation sites is 1. The first-order valence-corrected chi connectivity index (χ1v) is 10.5. The maximum absolute atomic E-state index is 10.5. The molecule has 1 aliphatic heterocycles. The van der Waals surface area contributed by atoms with Crippen LogP contribution in [0.25, 0.3) is 0 Å². The van der Waals surface area contributed by atoms with Crippen molar-refractivity contribution in [1.82, 2.24) is 5.32 Å². The van der Waals surface area contributed by atoms with E-state index in [2.05, 4.69) is 5.32 Å². The van der Waals surface area contributed by atoms with Gasteiger partial charge in [0.2, 0.25) is 0 Å². The van der Waals surface area contributed by atoms with Gasteiger partial charge in [0.05, 0.1) is 14.2 Å². The molecule has 1 fully saturated rings. The van der Waals surface area contributed by atoms with Crippen molar-refractivity contribution in [3.8, 4) is 17.2 Å². The highest BCUT2D eigenvalue weighted by Gasteiger charge is 2.32. The fourth-order valence-electron chi connectivity index (χ4n) is 4.60. The third-order valence-electron chi connectivity index (χ3n) is 6.19. The molecular formula is C24H30N2O3. The Morgan fingerprint density at radius 3 is 2.45 bits per heavy atom. The monoisotopic (exact) mass is 394 g/mol. The number of aliphatic imine (C=N–C) groups is 1. The molecule has 2 aromatic carbocycles. The van der Waals surface area contributed by atoms with Gasteiger partial charge in [0.25, 0.3) is 0 Å². The van der Waals surface area contributed by atoms with Crippen molar-refractivity contribution in [3.05, 3.63) is 53.6 Å². The second-order valence-electron chi connectivity index (χ2n) is 7.97. The standard InChI is InChI=1S/C24H30N2O3/c1-28-22-13-12-17(14-23(22)29-2)19-15-20(18-10-6-7-11-21(18)27)26-24(25-19)16-8-4-3-5-9-16/h6-7,10-14,16,20,24,26-27H,3-5,8-9,15H2,1-2H3/t20-,24+/m0/s1. The Bertz CT molecular complexity index is 874. The number of aromatic hydroxyl groups is 1. The number of nitrogens with one attached hydrogen (secondary N) is 1. The maximum Gasteiger partial charge on any atom is 0.161 e. The first kappa shape index (κ1) is 19.8. The molecule has 1 aliphatic carbocycles. The van der Waals surface area contributed by atoms with E-state index in [0.717, 1.165) is 23.3 Å². The SMILES string of the molecule is COc1ccc(C2=N[C@@H](C3CCCCC3)N[C@H](c3ccccc3O)C2)cc1OC. The molecule has 0 radical (unpaired) electrons. The van der Waals surface area contributed by atoms with E-state index >= 15 is 0 Å². The Kier molecular flexibility index (Phi) is 6.05. The third-order valence-corrected chi connectivity index (χ3v) is 6.19. The largest absolute Gasteiger partial charge is 0.508 e. The first-order chi connectivity index (χ1) is 14.2. The second kappa shape index (κ2) is 8.87. The van der Waals surface area contributed by atoms with Gasteiger partial charge in [-0.1, -0.05) is 37.5 Å². The summed E-state index contributed by atoms with van der Waals surface area (Å²) >= 11 is 0. The van der Waals surface area contributed by atoms with Crippen molar-refractivity contribution < 1.29 is 14.6 Å². The van der Waals surface area contributed by atoms with E-state index < -0.39 is 0 Å². The summed E-state index contributed by atoms with van der Waals surface area (Å²) in [6.45, 7) is 0. The van der Waals surface area contributed by atoms with E-state index in [9.17, 15) is 5.11 Å². The van der Waals surface area contributed by atoms with Crippen molar-refractivity contribution >= 4 is 5.71 Å². The highest BCUT2D eigenvalue weighted by molar-refractivity contribution is 6.02. The van der Waals surface area contributed by atoms with Crippen molar-refractivity contribution in [2.45, 2.75) is 50.7 Å². The number of rotatable bonds is 5. The summed E-state index contributed by atoms with van der Waals surface area (Å²) in [4.78, 5) is 5.14. The van der Waals surface area contributed by atoms with Gasteiger partial charge in [-0.05, 0) is 48.6 Å². The predicted octanol–water partition coefficient (Wildman–Crippen LogP) is 4.84. The molecule has 0 spiro atoms. The number of hydrogen-bond donors (Lipinski definition) is 2. The first-order valence-electron chi connectivity index (χ1n) is 10.5. The zero-order valence-electron chi connectivity index (χ0n) is 17.2. The van der Waals surface area contributed by atoms with Gasteiger partial charge >= 0.3 is 0 Å². The van der Waals surface area contributed by atoms with Crippen molar-refractivity contribution in [3.63, 3.8) is 0 Å². The summed E-state index contributed by atoms with van der Waals surface area (Å²) < 4.78 is 10.9. The van der Waals surface area contributed by atoms with Gasteiger partial charge in [0.15, 0.2) is 11.5 Å². The summed E-state index contributed by atoms with van der Waals surface area (Å²) in [5.74, 6) is 2.29. The molecule has 5 nitrogen and oxygen atoms in total. The molecule has 1 saturated carbocycles. The number of nitrogens with zero attached hydrogens (tertiary/aromatic N) is 1. The van der Waals surface area contributed by atoms with Gasteiger partial charge in [0, 0.05) is 23.7 Å². The zero-order chi connectivity index (χ0) is 20.2. The summed E-state index contributed by atoms with van der Waals surface area (Å²) in [5, 5.41) is 14.2. The lowest BCUT2D eigenvalue weighted by Gasteiger charge is -2.36. The van der Waals surface area contributed by atoms with Gasteiger partial charge in [-0.2, -0.15) is 0 Å². The van der Waals surface area contributed by atoms with Crippen LogP contribution in [-0.2, 0) is 0 Å². The second-order valence-corrected chi connectivity index (χ2v) is 7.97. The van der Waals surface area contributed by atoms with Crippen LogP contribution >= 0.6 is 0 Å². The zero-order valence-corrected chi connectivity index (χ0v) is 17.2. The van der Waals surface area contributed by atoms with Crippen LogP contribution in [0, 0.1) is 5.92 Å². The lowest BCUT2D eigenvalue weighted by atomic mass is 9.84. The number of phenols is 1. The van der Waals surface area contributed by atoms with Crippen LogP contribution in [0.4, 0.5) is 0 Å². The molecule has 0 saturated heterocycles. The minimum absolute atomic E-state index is 0.0312. The molecule has 0 unspecified atom stereocenters. The van der Waals surface area contributed by atoms with Gasteiger partial charge in [0.1, 0.15) is 11.9 Å². The highest BCUT2D eigenvalue weighted by atomic mass is 16.5. The molecule has 29 heavy (non-hydrogen) atoms. The minimum Gasteiger partial charge on any atom is -0.508 e. The summed E-state index contributed by atoms with van der Waals surface area (Å²) in [7, 11) is 3.30. The maximum atomic E-state index is 10.5. The normalized spacial score (nSPS) is 22.8. The van der Waals surface area contributed by atoms with E-state index in [0.29, 0.717) is 23.2 Å². The topological polar surface area (TPSA) is 63.1 Å². The van der Waals surface area contributed by atoms with E-state index in [4.69, 9.17) is 14.5 Å². The quantitative estimate of drug-likeness (QED) is 0.762. The number of phenolic OH excluding ortho intramolecular Hbond substituents is 1. The molecule has 0 aromatic heterocycles. The van der Waals surface area contributed by atoms with Crippen LogP contribution in [0.3, 0.4) is 0 Å². The molecule has 0 amide bonds. The Morgan fingerprint density at radius 1 is 0.966 bits per heavy atom. The molecule has 4 rings (SSSR count). The molecule has 2 aromatic rings. The van der Waals surface area contributed by atoms with Crippen LogP contribution in [0.5, 0.6) is 17.2 Å². The molecule has 0 bridgehead atoms. The Balaban J connectivity index is 1.70. The van der Waals surface area contributed by atoms with Crippen LogP contribution in [0.1, 0.15) is 55.7 Å². The molecular weight excluding hydrogens is 364 g/mol. The molecule has 2 N–H and O–H groups in total. The Morgan fingerprint density at radius 2 is 1.72 bits per heavy atom. The fourth-order valence-corrected chi connectivity index (χ4v) is 4.60. The summed E-state index contributed by atoms with van der Waals surface area (Å²) in [6, 6.07) is 13.6. The molecule has 2 atom stereocenters. The smallest absolute Gasteiger partial charge is 0.161 e.